The second-order valence-corrected chi connectivity index (χ2v) is 6.45. The lowest BCUT2D eigenvalue weighted by Gasteiger charge is -2.21. The van der Waals surface area contributed by atoms with Crippen LogP contribution in [0.2, 0.25) is 0 Å². The molecule has 144 valence electrons. The van der Waals surface area contributed by atoms with Gasteiger partial charge in [0, 0.05) is 26.3 Å². The Morgan fingerprint density at radius 1 is 1.04 bits per heavy atom. The number of benzene rings is 2. The predicted molar refractivity (Wildman–Crippen MR) is 108 cm³/mol. The maximum absolute atomic E-state index is 12.5. The third kappa shape index (κ3) is 5.82. The van der Waals surface area contributed by atoms with Gasteiger partial charge in [0.15, 0.2) is 0 Å². The molecule has 0 saturated heterocycles. The van der Waals surface area contributed by atoms with Gasteiger partial charge in [-0.3, -0.25) is 9.69 Å². The first kappa shape index (κ1) is 20.5. The summed E-state index contributed by atoms with van der Waals surface area (Å²) >= 11 is 0. The van der Waals surface area contributed by atoms with E-state index < -0.39 is 5.97 Å². The highest BCUT2D eigenvalue weighted by atomic mass is 16.5. The van der Waals surface area contributed by atoms with E-state index in [2.05, 4.69) is 29.6 Å². The minimum Gasteiger partial charge on any atom is -0.465 e. The fourth-order valence-electron chi connectivity index (χ4n) is 2.71. The number of rotatable bonds is 8. The molecule has 0 radical (unpaired) electrons. The third-order valence-corrected chi connectivity index (χ3v) is 4.28. The van der Waals surface area contributed by atoms with Crippen LogP contribution in [0.1, 0.15) is 22.8 Å². The van der Waals surface area contributed by atoms with Crippen LogP contribution in [0, 0.1) is 0 Å². The smallest absolute Gasteiger partial charge is 0.339 e. The molecule has 0 bridgehead atoms. The summed E-state index contributed by atoms with van der Waals surface area (Å²) in [6, 6.07) is 15.1. The molecule has 2 aromatic carbocycles. The van der Waals surface area contributed by atoms with Gasteiger partial charge in [0.2, 0.25) is 5.91 Å². The van der Waals surface area contributed by atoms with Gasteiger partial charge in [0.25, 0.3) is 0 Å². The van der Waals surface area contributed by atoms with Crippen LogP contribution in [0.5, 0.6) is 0 Å². The molecule has 0 aliphatic heterocycles. The van der Waals surface area contributed by atoms with Crippen molar-refractivity contribution in [2.75, 3.05) is 44.5 Å². The summed E-state index contributed by atoms with van der Waals surface area (Å²) in [7, 11) is 5.33. The highest BCUT2D eigenvalue weighted by Crippen LogP contribution is 2.17. The molecular weight excluding hydrogens is 342 g/mol. The van der Waals surface area contributed by atoms with Gasteiger partial charge in [-0.15, -0.1) is 0 Å². The van der Waals surface area contributed by atoms with Gasteiger partial charge in [-0.1, -0.05) is 31.2 Å². The number of likely N-dealkylation sites (N-methyl/N-ethyl adjacent to an activating group) is 1. The average molecular weight is 369 g/mol. The molecule has 2 rings (SSSR count). The van der Waals surface area contributed by atoms with E-state index in [0.717, 1.165) is 17.8 Å². The van der Waals surface area contributed by atoms with Crippen molar-refractivity contribution in [3.8, 4) is 0 Å². The Morgan fingerprint density at radius 3 is 2.30 bits per heavy atom. The van der Waals surface area contributed by atoms with E-state index in [9.17, 15) is 9.59 Å². The van der Waals surface area contributed by atoms with Crippen LogP contribution in [-0.2, 0) is 16.1 Å². The number of amides is 1. The molecule has 2 aromatic rings. The number of nitrogens with one attached hydrogen (secondary N) is 1. The summed E-state index contributed by atoms with van der Waals surface area (Å²) in [6.45, 7) is 3.67. The van der Waals surface area contributed by atoms with Crippen LogP contribution in [-0.4, -0.2) is 51.1 Å². The maximum atomic E-state index is 12.5. The molecule has 0 atom stereocenters. The number of carbonyl (C=O) groups excluding carboxylic acids is 2. The lowest BCUT2D eigenvalue weighted by atomic mass is 10.1. The largest absolute Gasteiger partial charge is 0.465 e. The molecule has 6 heteroatoms. The highest BCUT2D eigenvalue weighted by molar-refractivity contribution is 6.01. The Bertz CT molecular complexity index is 772. The Kier molecular flexibility index (Phi) is 7.37. The molecule has 0 saturated carbocycles. The molecule has 27 heavy (non-hydrogen) atoms. The number of carbonyl (C=O) groups is 2. The second-order valence-electron chi connectivity index (χ2n) is 6.45. The fourth-order valence-corrected chi connectivity index (χ4v) is 2.71. The maximum Gasteiger partial charge on any atom is 0.339 e. The topological polar surface area (TPSA) is 61.9 Å². The number of ether oxygens (including phenoxy) is 1. The van der Waals surface area contributed by atoms with E-state index in [0.29, 0.717) is 17.8 Å². The summed E-state index contributed by atoms with van der Waals surface area (Å²) in [4.78, 5) is 28.4. The zero-order valence-corrected chi connectivity index (χ0v) is 16.4. The van der Waals surface area contributed by atoms with Gasteiger partial charge < -0.3 is 15.0 Å². The van der Waals surface area contributed by atoms with Gasteiger partial charge in [0.1, 0.15) is 0 Å². The van der Waals surface area contributed by atoms with E-state index in [1.54, 1.807) is 24.3 Å². The highest BCUT2D eigenvalue weighted by Gasteiger charge is 2.15. The Balaban J connectivity index is 2.00. The SMILES string of the molecule is CCN(CC(=O)Nc1ccccc1C(=O)OC)Cc1ccc(N(C)C)cc1. The van der Waals surface area contributed by atoms with Crippen molar-refractivity contribution in [2.24, 2.45) is 0 Å². The van der Waals surface area contributed by atoms with E-state index in [-0.39, 0.29) is 12.5 Å². The standard InChI is InChI=1S/C21H27N3O3/c1-5-24(14-16-10-12-17(13-11-16)23(2)3)15-20(25)22-19-9-7-6-8-18(19)21(26)27-4/h6-13H,5,14-15H2,1-4H3,(H,22,25). The van der Waals surface area contributed by atoms with Gasteiger partial charge in [-0.25, -0.2) is 4.79 Å². The quantitative estimate of drug-likeness (QED) is 0.725. The number of anilines is 2. The van der Waals surface area contributed by atoms with E-state index in [1.165, 1.54) is 7.11 Å². The van der Waals surface area contributed by atoms with Crippen molar-refractivity contribution in [3.63, 3.8) is 0 Å². The number of hydrogen-bond donors (Lipinski definition) is 1. The van der Waals surface area contributed by atoms with Gasteiger partial charge in [-0.05, 0) is 36.4 Å². The number of esters is 1. The molecule has 6 nitrogen and oxygen atoms in total. The molecular formula is C21H27N3O3. The van der Waals surface area contributed by atoms with Crippen LogP contribution in [0.3, 0.4) is 0 Å². The van der Waals surface area contributed by atoms with Crippen LogP contribution in [0.25, 0.3) is 0 Å². The molecule has 0 aliphatic rings. The van der Waals surface area contributed by atoms with E-state index in [4.69, 9.17) is 4.74 Å². The molecule has 0 heterocycles. The van der Waals surface area contributed by atoms with Crippen molar-refractivity contribution in [3.05, 3.63) is 59.7 Å². The monoisotopic (exact) mass is 369 g/mol. The summed E-state index contributed by atoms with van der Waals surface area (Å²) in [5, 5.41) is 2.81. The predicted octanol–water partition coefficient (Wildman–Crippen LogP) is 3.00. The molecule has 0 aliphatic carbocycles. The molecule has 1 amide bonds. The number of hydrogen-bond acceptors (Lipinski definition) is 5. The first-order chi connectivity index (χ1) is 12.9. The molecule has 0 fully saturated rings. The first-order valence-electron chi connectivity index (χ1n) is 8.90. The summed E-state index contributed by atoms with van der Waals surface area (Å²) in [5.74, 6) is -0.641. The lowest BCUT2D eigenvalue weighted by Crippen LogP contribution is -2.33. The Hall–Kier alpha value is -2.86. The van der Waals surface area contributed by atoms with Crippen LogP contribution >= 0.6 is 0 Å². The Morgan fingerprint density at radius 2 is 1.70 bits per heavy atom. The van der Waals surface area contributed by atoms with Crippen LogP contribution in [0.4, 0.5) is 11.4 Å². The van der Waals surface area contributed by atoms with Crippen molar-refractivity contribution in [2.45, 2.75) is 13.5 Å². The van der Waals surface area contributed by atoms with Crippen molar-refractivity contribution in [1.29, 1.82) is 0 Å². The molecule has 0 spiro atoms. The molecule has 0 unspecified atom stereocenters. The van der Waals surface area contributed by atoms with Gasteiger partial charge in [0.05, 0.1) is 24.9 Å². The lowest BCUT2D eigenvalue weighted by molar-refractivity contribution is -0.117. The second kappa shape index (κ2) is 9.73. The average Bonchev–Trinajstić information content (AvgIpc) is 2.67. The zero-order chi connectivity index (χ0) is 19.8. The van der Waals surface area contributed by atoms with Crippen molar-refractivity contribution in [1.82, 2.24) is 4.90 Å². The summed E-state index contributed by atoms with van der Waals surface area (Å²) in [6.07, 6.45) is 0. The van der Waals surface area contributed by atoms with Crippen molar-refractivity contribution < 1.29 is 14.3 Å². The fraction of sp³-hybridized carbons (Fsp3) is 0.333. The minimum atomic E-state index is -0.473. The first-order valence-corrected chi connectivity index (χ1v) is 8.90. The Labute approximate surface area is 160 Å². The number of methoxy groups -OCH3 is 1. The molecule has 0 aromatic heterocycles. The molecule has 1 N–H and O–H groups in total. The zero-order valence-electron chi connectivity index (χ0n) is 16.4. The summed E-state index contributed by atoms with van der Waals surface area (Å²) in [5.41, 5.74) is 3.08. The van der Waals surface area contributed by atoms with Crippen LogP contribution in [0.15, 0.2) is 48.5 Å². The van der Waals surface area contributed by atoms with E-state index in [1.807, 2.05) is 30.8 Å². The normalized spacial score (nSPS) is 10.6. The third-order valence-electron chi connectivity index (χ3n) is 4.28. The number of nitrogens with zero attached hydrogens (tertiary/aromatic N) is 2. The minimum absolute atomic E-state index is 0.168. The van der Waals surface area contributed by atoms with Gasteiger partial charge in [-0.2, -0.15) is 0 Å². The van der Waals surface area contributed by atoms with Crippen LogP contribution < -0.4 is 10.2 Å². The van der Waals surface area contributed by atoms with Crippen molar-refractivity contribution >= 4 is 23.3 Å². The van der Waals surface area contributed by atoms with Gasteiger partial charge >= 0.3 is 5.97 Å². The number of para-hydroxylation sites is 1. The summed E-state index contributed by atoms with van der Waals surface area (Å²) < 4.78 is 4.76. The van der Waals surface area contributed by atoms with E-state index >= 15 is 0 Å².